The van der Waals surface area contributed by atoms with Gasteiger partial charge in [0.05, 0.1) is 0 Å². The zero-order valence-corrected chi connectivity index (χ0v) is 8.37. The Labute approximate surface area is 87.1 Å². The Morgan fingerprint density at radius 2 is 2.00 bits per heavy atom. The predicted octanol–water partition coefficient (Wildman–Crippen LogP) is 2.05. The molecular weight excluding hydrogens is 198 g/mol. The van der Waals surface area contributed by atoms with Crippen LogP contribution in [0.3, 0.4) is 0 Å². The summed E-state index contributed by atoms with van der Waals surface area (Å²) in [6.07, 6.45) is 2.91. The second kappa shape index (κ2) is 5.24. The van der Waals surface area contributed by atoms with Crippen LogP contribution in [0.5, 0.6) is 0 Å². The standard InChI is InChI=1S/C11H12F2N2/c1-15-8(5-6-14)7-9-10(12)3-2-4-11(9)13/h2-6H,7,14H2,1H3/b6-5-,15-8?. The van der Waals surface area contributed by atoms with Crippen molar-refractivity contribution in [3.05, 3.63) is 47.7 Å². The quantitative estimate of drug-likeness (QED) is 0.762. The van der Waals surface area contributed by atoms with Crippen molar-refractivity contribution in [3.63, 3.8) is 0 Å². The lowest BCUT2D eigenvalue weighted by Gasteiger charge is -2.04. The van der Waals surface area contributed by atoms with E-state index >= 15 is 0 Å². The van der Waals surface area contributed by atoms with E-state index in [0.29, 0.717) is 5.71 Å². The molecule has 2 N–H and O–H groups in total. The highest BCUT2D eigenvalue weighted by Crippen LogP contribution is 2.13. The van der Waals surface area contributed by atoms with Crippen LogP contribution in [-0.2, 0) is 6.42 Å². The second-order valence-corrected chi connectivity index (χ2v) is 2.95. The van der Waals surface area contributed by atoms with Crippen molar-refractivity contribution in [2.75, 3.05) is 7.05 Å². The SMILES string of the molecule is CN=C(/C=C\N)Cc1c(F)cccc1F. The molecule has 0 aromatic heterocycles. The van der Waals surface area contributed by atoms with Gasteiger partial charge in [-0.05, 0) is 24.4 Å². The first-order valence-electron chi connectivity index (χ1n) is 4.46. The van der Waals surface area contributed by atoms with Gasteiger partial charge >= 0.3 is 0 Å². The summed E-state index contributed by atoms with van der Waals surface area (Å²) in [7, 11) is 1.55. The average Bonchev–Trinajstić information content (AvgIpc) is 2.22. The van der Waals surface area contributed by atoms with E-state index in [1.807, 2.05) is 0 Å². The molecule has 15 heavy (non-hydrogen) atoms. The van der Waals surface area contributed by atoms with Crippen LogP contribution in [0.15, 0.2) is 35.5 Å². The van der Waals surface area contributed by atoms with Crippen LogP contribution in [0.2, 0.25) is 0 Å². The maximum atomic E-state index is 13.2. The van der Waals surface area contributed by atoms with Gasteiger partial charge in [-0.2, -0.15) is 0 Å². The normalized spacial score (nSPS) is 12.3. The molecule has 0 fully saturated rings. The van der Waals surface area contributed by atoms with Gasteiger partial charge in [0.1, 0.15) is 11.6 Å². The molecule has 1 aromatic carbocycles. The molecule has 80 valence electrons. The third-order valence-corrected chi connectivity index (χ3v) is 2.00. The molecule has 0 radical (unpaired) electrons. The van der Waals surface area contributed by atoms with E-state index in [-0.39, 0.29) is 12.0 Å². The summed E-state index contributed by atoms with van der Waals surface area (Å²) in [5, 5.41) is 0. The van der Waals surface area contributed by atoms with Gasteiger partial charge in [0, 0.05) is 24.7 Å². The minimum atomic E-state index is -0.568. The Morgan fingerprint density at radius 3 is 2.47 bits per heavy atom. The molecule has 0 saturated carbocycles. The van der Waals surface area contributed by atoms with Crippen LogP contribution in [0.25, 0.3) is 0 Å². The average molecular weight is 210 g/mol. The summed E-state index contributed by atoms with van der Waals surface area (Å²) in [5.74, 6) is -1.14. The highest BCUT2D eigenvalue weighted by Gasteiger charge is 2.09. The lowest BCUT2D eigenvalue weighted by Crippen LogP contribution is -2.05. The molecule has 0 aliphatic rings. The molecule has 0 atom stereocenters. The van der Waals surface area contributed by atoms with Crippen LogP contribution in [-0.4, -0.2) is 12.8 Å². The van der Waals surface area contributed by atoms with E-state index in [4.69, 9.17) is 5.73 Å². The van der Waals surface area contributed by atoms with E-state index in [9.17, 15) is 8.78 Å². The second-order valence-electron chi connectivity index (χ2n) is 2.95. The topological polar surface area (TPSA) is 38.4 Å². The number of nitrogens with two attached hydrogens (primary N) is 1. The number of hydrogen-bond acceptors (Lipinski definition) is 2. The van der Waals surface area contributed by atoms with Gasteiger partial charge in [0.25, 0.3) is 0 Å². The fourth-order valence-corrected chi connectivity index (χ4v) is 1.21. The summed E-state index contributed by atoms with van der Waals surface area (Å²) < 4.78 is 26.5. The molecular formula is C11H12F2N2. The lowest BCUT2D eigenvalue weighted by atomic mass is 10.1. The van der Waals surface area contributed by atoms with Crippen molar-refractivity contribution >= 4 is 5.71 Å². The van der Waals surface area contributed by atoms with Gasteiger partial charge in [0.2, 0.25) is 0 Å². The molecule has 0 saturated heterocycles. The highest BCUT2D eigenvalue weighted by atomic mass is 19.1. The highest BCUT2D eigenvalue weighted by molar-refractivity contribution is 5.96. The Balaban J connectivity index is 2.98. The molecule has 2 nitrogen and oxygen atoms in total. The smallest absolute Gasteiger partial charge is 0.129 e. The molecule has 0 bridgehead atoms. The molecule has 1 rings (SSSR count). The van der Waals surface area contributed by atoms with Crippen LogP contribution >= 0.6 is 0 Å². The predicted molar refractivity (Wildman–Crippen MR) is 56.7 cm³/mol. The maximum absolute atomic E-state index is 13.2. The maximum Gasteiger partial charge on any atom is 0.129 e. The molecule has 0 spiro atoms. The first kappa shape index (κ1) is 11.4. The van der Waals surface area contributed by atoms with Gasteiger partial charge < -0.3 is 5.73 Å². The van der Waals surface area contributed by atoms with Gasteiger partial charge in [-0.15, -0.1) is 0 Å². The Bertz CT molecular complexity index is 377. The van der Waals surface area contributed by atoms with Gasteiger partial charge in [-0.3, -0.25) is 4.99 Å². The number of aliphatic imine (C=N–C) groups is 1. The van der Waals surface area contributed by atoms with Crippen LogP contribution in [0.1, 0.15) is 5.56 Å². The van der Waals surface area contributed by atoms with Gasteiger partial charge in [-0.1, -0.05) is 6.07 Å². The van der Waals surface area contributed by atoms with E-state index < -0.39 is 11.6 Å². The molecule has 0 heterocycles. The summed E-state index contributed by atoms with van der Waals surface area (Å²) in [6.45, 7) is 0. The molecule has 1 aromatic rings. The van der Waals surface area contributed by atoms with Crippen molar-refractivity contribution in [1.82, 2.24) is 0 Å². The first-order chi connectivity index (χ1) is 7.19. The molecule has 0 aliphatic carbocycles. The number of allylic oxidation sites excluding steroid dienone is 1. The number of halogens is 2. The molecule has 0 unspecified atom stereocenters. The van der Waals surface area contributed by atoms with Crippen LogP contribution in [0, 0.1) is 11.6 Å². The number of rotatable bonds is 3. The number of nitrogens with zero attached hydrogens (tertiary/aromatic N) is 1. The molecule has 0 amide bonds. The van der Waals surface area contributed by atoms with Crippen molar-refractivity contribution in [2.24, 2.45) is 10.7 Å². The van der Waals surface area contributed by atoms with Crippen molar-refractivity contribution < 1.29 is 8.78 Å². The van der Waals surface area contributed by atoms with Crippen LogP contribution in [0.4, 0.5) is 8.78 Å². The monoisotopic (exact) mass is 210 g/mol. The zero-order valence-electron chi connectivity index (χ0n) is 8.37. The van der Waals surface area contributed by atoms with E-state index in [1.54, 1.807) is 7.05 Å². The summed E-state index contributed by atoms with van der Waals surface area (Å²) in [6, 6.07) is 3.77. The third kappa shape index (κ3) is 2.87. The number of benzene rings is 1. The minimum Gasteiger partial charge on any atom is -0.405 e. The lowest BCUT2D eigenvalue weighted by molar-refractivity contribution is 0.564. The fraction of sp³-hybridized carbons (Fsp3) is 0.182. The summed E-state index contributed by atoms with van der Waals surface area (Å²) in [4.78, 5) is 3.87. The molecule has 4 heteroatoms. The van der Waals surface area contributed by atoms with E-state index in [0.717, 1.165) is 0 Å². The van der Waals surface area contributed by atoms with Crippen molar-refractivity contribution in [2.45, 2.75) is 6.42 Å². The first-order valence-corrected chi connectivity index (χ1v) is 4.46. The van der Waals surface area contributed by atoms with E-state index in [2.05, 4.69) is 4.99 Å². The zero-order chi connectivity index (χ0) is 11.3. The van der Waals surface area contributed by atoms with Crippen molar-refractivity contribution in [3.8, 4) is 0 Å². The Kier molecular flexibility index (Phi) is 3.97. The fourth-order valence-electron chi connectivity index (χ4n) is 1.21. The summed E-state index contributed by atoms with van der Waals surface area (Å²) >= 11 is 0. The Morgan fingerprint density at radius 1 is 1.40 bits per heavy atom. The Hall–Kier alpha value is -1.71. The van der Waals surface area contributed by atoms with Gasteiger partial charge in [-0.25, -0.2) is 8.78 Å². The van der Waals surface area contributed by atoms with Gasteiger partial charge in [0.15, 0.2) is 0 Å². The summed E-state index contributed by atoms with van der Waals surface area (Å²) in [5.41, 5.74) is 5.73. The van der Waals surface area contributed by atoms with E-state index in [1.165, 1.54) is 30.5 Å². The third-order valence-electron chi connectivity index (χ3n) is 2.00. The van der Waals surface area contributed by atoms with Crippen molar-refractivity contribution in [1.29, 1.82) is 0 Å². The van der Waals surface area contributed by atoms with Crippen LogP contribution < -0.4 is 5.73 Å². The molecule has 0 aliphatic heterocycles. The number of hydrogen-bond donors (Lipinski definition) is 1. The largest absolute Gasteiger partial charge is 0.405 e. The minimum absolute atomic E-state index is 0.0104.